The molecule has 5 heteroatoms. The van der Waals surface area contributed by atoms with Gasteiger partial charge in [0.25, 0.3) is 0 Å². The fraction of sp³-hybridized carbons (Fsp3) is 0. The van der Waals surface area contributed by atoms with E-state index < -0.39 is 0 Å². The van der Waals surface area contributed by atoms with E-state index in [4.69, 9.17) is 8.83 Å². The summed E-state index contributed by atoms with van der Waals surface area (Å²) in [6.45, 7) is 0. The smallest absolute Gasteiger partial charge is 0.159 e. The molecule has 15 aromatic carbocycles. The molecule has 18 rings (SSSR count). The fourth-order valence-corrected chi connectivity index (χ4v) is 14.2. The molecule has 406 valence electrons. The highest BCUT2D eigenvalue weighted by Crippen LogP contribution is 2.54. The fourth-order valence-electron chi connectivity index (χ4n) is 14.2. The number of rotatable bonds is 9. The molecule has 0 aliphatic rings. The average Bonchev–Trinajstić information content (AvgIpc) is 3.31. The Labute approximate surface area is 500 Å². The van der Waals surface area contributed by atoms with E-state index in [1.54, 1.807) is 0 Å². The highest BCUT2D eigenvalue weighted by molar-refractivity contribution is 6.33. The van der Waals surface area contributed by atoms with Gasteiger partial charge in [0.15, 0.2) is 11.2 Å². The molecule has 3 aromatic heterocycles. The van der Waals surface area contributed by atoms with E-state index in [0.29, 0.717) is 0 Å². The molecule has 5 nitrogen and oxygen atoms in total. The molecule has 0 radical (unpaired) electrons. The predicted octanol–water partition coefficient (Wildman–Crippen LogP) is 23.5. The third kappa shape index (κ3) is 7.46. The summed E-state index contributed by atoms with van der Waals surface area (Å²) in [6, 6.07) is 112. The van der Waals surface area contributed by atoms with Gasteiger partial charge in [0.2, 0.25) is 0 Å². The Morgan fingerprint density at radius 2 is 0.586 bits per heavy atom. The summed E-state index contributed by atoms with van der Waals surface area (Å²) in [5, 5.41) is 15.9. The second-order valence-electron chi connectivity index (χ2n) is 22.6. The molecule has 0 fully saturated rings. The molecule has 0 amide bonds. The highest BCUT2D eigenvalue weighted by atomic mass is 16.3. The number of nitrogens with zero attached hydrogens (tertiary/aromatic N) is 3. The first-order valence-corrected chi connectivity index (χ1v) is 29.7. The van der Waals surface area contributed by atoms with Crippen LogP contribution in [0.5, 0.6) is 0 Å². The standard InChI is InChI=1S/C82H51N3O2/c1-6-26-52(27-7-1)67-48-54-30-16-18-38-59(54)75-65-44-24-46-69(79(65)86-81(67)75)83(56-32-10-3-11-33-56)71-50-73-77(63-42-22-20-40-61(63)71)78-64-43-23-21-41-62(64)72(51-74(78)85(73)58-36-14-5-15-37-58)84(57-34-12-4-13-35-57)70-47-25-45-66-76-60-39-19-17-31-55(60)49-68(82(76)87-80(66)70)53-28-8-2-9-29-53/h1-51H. The van der Waals surface area contributed by atoms with Crippen LogP contribution in [-0.2, 0) is 0 Å². The van der Waals surface area contributed by atoms with Gasteiger partial charge in [-0.15, -0.1) is 0 Å². The van der Waals surface area contributed by atoms with E-state index in [0.717, 1.165) is 149 Å². The number of para-hydroxylation sites is 5. The molecule has 0 saturated carbocycles. The zero-order valence-electron chi connectivity index (χ0n) is 47.1. The van der Waals surface area contributed by atoms with Crippen molar-refractivity contribution in [3.63, 3.8) is 0 Å². The first kappa shape index (κ1) is 48.8. The summed E-state index contributed by atoms with van der Waals surface area (Å²) in [4.78, 5) is 4.84. The third-order valence-electron chi connectivity index (χ3n) is 17.9. The number of fused-ring (bicyclic) bond motifs is 17. The van der Waals surface area contributed by atoms with Gasteiger partial charge in [-0.2, -0.15) is 0 Å². The Bertz CT molecular complexity index is 5420. The molecule has 18 aromatic rings. The molecule has 0 spiro atoms. The lowest BCUT2D eigenvalue weighted by atomic mass is 9.96. The lowest BCUT2D eigenvalue weighted by Crippen LogP contribution is -2.11. The van der Waals surface area contributed by atoms with E-state index >= 15 is 0 Å². The maximum Gasteiger partial charge on any atom is 0.159 e. The number of aromatic nitrogens is 1. The van der Waals surface area contributed by atoms with Crippen LogP contribution in [0.15, 0.2) is 318 Å². The van der Waals surface area contributed by atoms with Crippen molar-refractivity contribution in [1.82, 2.24) is 4.57 Å². The van der Waals surface area contributed by atoms with Gasteiger partial charge in [-0.1, -0.05) is 237 Å². The van der Waals surface area contributed by atoms with Gasteiger partial charge < -0.3 is 23.2 Å². The molecule has 0 atom stereocenters. The summed E-state index contributed by atoms with van der Waals surface area (Å²) in [7, 11) is 0. The van der Waals surface area contributed by atoms with Crippen LogP contribution in [0.3, 0.4) is 0 Å². The first-order chi connectivity index (χ1) is 43.2. The number of benzene rings is 15. The van der Waals surface area contributed by atoms with Crippen molar-refractivity contribution in [2.45, 2.75) is 0 Å². The second-order valence-corrected chi connectivity index (χ2v) is 22.6. The number of furan rings is 2. The number of anilines is 6. The van der Waals surface area contributed by atoms with Gasteiger partial charge in [0.05, 0.1) is 33.8 Å². The lowest BCUT2D eigenvalue weighted by Gasteiger charge is -2.27. The van der Waals surface area contributed by atoms with Crippen molar-refractivity contribution < 1.29 is 8.83 Å². The Morgan fingerprint density at radius 3 is 1.01 bits per heavy atom. The van der Waals surface area contributed by atoms with E-state index in [1.807, 2.05) is 0 Å². The maximum atomic E-state index is 7.43. The van der Waals surface area contributed by atoms with E-state index in [-0.39, 0.29) is 0 Å². The molecule has 0 unspecified atom stereocenters. The van der Waals surface area contributed by atoms with Gasteiger partial charge in [0, 0.05) is 71.3 Å². The van der Waals surface area contributed by atoms with Gasteiger partial charge in [-0.25, -0.2) is 0 Å². The SMILES string of the molecule is c1ccc(-c2cc3ccccc3c3c2oc2c(N(c4ccccc4)c4cc5c(c6ccccc46)c4c6ccccc6c(N(c6ccccc6)c6cccc7c6oc6c(-c8ccccc8)cc8ccccc8c67)cc4n5-c4ccccc4)cccc23)cc1. The van der Waals surface area contributed by atoms with Crippen molar-refractivity contribution in [3.05, 3.63) is 309 Å². The van der Waals surface area contributed by atoms with E-state index in [9.17, 15) is 0 Å². The van der Waals surface area contributed by atoms with E-state index in [1.165, 1.54) is 21.5 Å². The average molecular weight is 1110 g/mol. The molecule has 0 aliphatic heterocycles. The van der Waals surface area contributed by atoms with Crippen LogP contribution in [0.1, 0.15) is 0 Å². The van der Waals surface area contributed by atoms with Crippen LogP contribution >= 0.6 is 0 Å². The third-order valence-corrected chi connectivity index (χ3v) is 17.9. The van der Waals surface area contributed by atoms with Crippen molar-refractivity contribution in [2.24, 2.45) is 0 Å². The van der Waals surface area contributed by atoms with Gasteiger partial charge in [0.1, 0.15) is 11.2 Å². The van der Waals surface area contributed by atoms with E-state index in [2.05, 4.69) is 324 Å². The maximum absolute atomic E-state index is 7.43. The second kappa shape index (κ2) is 19.5. The minimum Gasteiger partial charge on any atom is -0.453 e. The molecular formula is C82H51N3O2. The van der Waals surface area contributed by atoms with Crippen molar-refractivity contribution in [1.29, 1.82) is 0 Å². The summed E-state index contributed by atoms with van der Waals surface area (Å²) in [6.07, 6.45) is 0. The van der Waals surface area contributed by atoms with Crippen molar-refractivity contribution in [3.8, 4) is 27.9 Å². The molecule has 0 aliphatic carbocycles. The minimum atomic E-state index is 0.818. The van der Waals surface area contributed by atoms with Crippen molar-refractivity contribution >= 4 is 143 Å². The van der Waals surface area contributed by atoms with Gasteiger partial charge >= 0.3 is 0 Å². The number of hydrogen-bond donors (Lipinski definition) is 0. The molecule has 3 heterocycles. The zero-order chi connectivity index (χ0) is 57.1. The summed E-state index contributed by atoms with van der Waals surface area (Å²) in [5.74, 6) is 0. The van der Waals surface area contributed by atoms with Crippen LogP contribution in [0, 0.1) is 0 Å². The Morgan fingerprint density at radius 1 is 0.241 bits per heavy atom. The van der Waals surface area contributed by atoms with Crippen LogP contribution in [0.2, 0.25) is 0 Å². The van der Waals surface area contributed by atoms with Crippen LogP contribution < -0.4 is 9.80 Å². The normalized spacial score (nSPS) is 11.9. The molecule has 87 heavy (non-hydrogen) atoms. The number of hydrogen-bond acceptors (Lipinski definition) is 4. The molecular weight excluding hydrogens is 1060 g/mol. The topological polar surface area (TPSA) is 37.7 Å². The van der Waals surface area contributed by atoms with Crippen LogP contribution in [0.4, 0.5) is 34.1 Å². The largest absolute Gasteiger partial charge is 0.453 e. The quantitative estimate of drug-likeness (QED) is 0.144. The highest BCUT2D eigenvalue weighted by Gasteiger charge is 2.30. The van der Waals surface area contributed by atoms with Crippen LogP contribution in [0.25, 0.3) is 137 Å². The Kier molecular flexibility index (Phi) is 10.9. The minimum absolute atomic E-state index is 0.818. The Balaban J connectivity index is 0.941. The summed E-state index contributed by atoms with van der Waals surface area (Å²) in [5.41, 5.74) is 16.9. The van der Waals surface area contributed by atoms with Crippen molar-refractivity contribution in [2.75, 3.05) is 9.80 Å². The van der Waals surface area contributed by atoms with Gasteiger partial charge in [-0.05, 0) is 116 Å². The zero-order valence-corrected chi connectivity index (χ0v) is 47.1. The summed E-state index contributed by atoms with van der Waals surface area (Å²) < 4.78 is 17.3. The molecule has 0 N–H and O–H groups in total. The van der Waals surface area contributed by atoms with Gasteiger partial charge in [-0.3, -0.25) is 0 Å². The van der Waals surface area contributed by atoms with Crippen LogP contribution in [-0.4, -0.2) is 4.57 Å². The first-order valence-electron chi connectivity index (χ1n) is 29.7. The lowest BCUT2D eigenvalue weighted by molar-refractivity contribution is 0.670. The predicted molar refractivity (Wildman–Crippen MR) is 366 cm³/mol. The Hall–Kier alpha value is -11.7. The molecule has 0 bridgehead atoms. The monoisotopic (exact) mass is 1110 g/mol. The molecule has 0 saturated heterocycles. The summed E-state index contributed by atoms with van der Waals surface area (Å²) >= 11 is 0.